The molecule has 1 aliphatic carbocycles. The molecule has 5 nitrogen and oxygen atoms in total. The van der Waals surface area contributed by atoms with E-state index in [1.54, 1.807) is 28.6 Å². The van der Waals surface area contributed by atoms with Gasteiger partial charge in [0.05, 0.1) is 17.4 Å². The maximum absolute atomic E-state index is 12.5. The zero-order chi connectivity index (χ0) is 15.0. The van der Waals surface area contributed by atoms with E-state index in [2.05, 4.69) is 0 Å². The van der Waals surface area contributed by atoms with Crippen molar-refractivity contribution in [2.45, 2.75) is 24.6 Å². The van der Waals surface area contributed by atoms with E-state index in [-0.39, 0.29) is 11.8 Å². The average molecular weight is 305 g/mol. The van der Waals surface area contributed by atoms with Gasteiger partial charge >= 0.3 is 0 Å². The first kappa shape index (κ1) is 14.5. The van der Waals surface area contributed by atoms with Crippen molar-refractivity contribution in [3.8, 4) is 6.07 Å². The molecule has 1 aromatic rings. The number of benzene rings is 1. The highest BCUT2D eigenvalue weighted by Crippen LogP contribution is 2.38. The Hall–Kier alpha value is -1.42. The first-order valence-corrected chi connectivity index (χ1v) is 8.83. The SMILES string of the molecule is N#Cc1cccc(CS(=O)(=O)N2CC3CCC(N)C3C2)c1. The molecule has 0 spiro atoms. The van der Waals surface area contributed by atoms with Crippen LogP contribution in [0.5, 0.6) is 0 Å². The fourth-order valence-corrected chi connectivity index (χ4v) is 5.13. The van der Waals surface area contributed by atoms with Crippen LogP contribution in [0.1, 0.15) is 24.0 Å². The van der Waals surface area contributed by atoms with Crippen LogP contribution in [0.2, 0.25) is 0 Å². The van der Waals surface area contributed by atoms with Gasteiger partial charge in [-0.25, -0.2) is 12.7 Å². The minimum Gasteiger partial charge on any atom is -0.327 e. The molecule has 0 radical (unpaired) electrons. The predicted octanol–water partition coefficient (Wildman–Crippen LogP) is 1.06. The number of nitriles is 1. The fourth-order valence-electron chi connectivity index (χ4n) is 3.53. The second kappa shape index (κ2) is 5.41. The lowest BCUT2D eigenvalue weighted by molar-refractivity contribution is 0.426. The Morgan fingerprint density at radius 2 is 2.14 bits per heavy atom. The van der Waals surface area contributed by atoms with Crippen LogP contribution in [0.25, 0.3) is 0 Å². The van der Waals surface area contributed by atoms with Gasteiger partial charge in [0, 0.05) is 19.1 Å². The summed E-state index contributed by atoms with van der Waals surface area (Å²) in [5.41, 5.74) is 7.21. The van der Waals surface area contributed by atoms with E-state index in [9.17, 15) is 8.42 Å². The Bertz CT molecular complexity index is 680. The van der Waals surface area contributed by atoms with E-state index >= 15 is 0 Å². The molecule has 1 saturated heterocycles. The first-order valence-electron chi connectivity index (χ1n) is 7.22. The lowest BCUT2D eigenvalue weighted by Gasteiger charge is -2.18. The van der Waals surface area contributed by atoms with Crippen molar-refractivity contribution in [1.82, 2.24) is 4.31 Å². The van der Waals surface area contributed by atoms with Crippen molar-refractivity contribution in [2.75, 3.05) is 13.1 Å². The summed E-state index contributed by atoms with van der Waals surface area (Å²) in [6, 6.07) is 8.96. The van der Waals surface area contributed by atoms with Gasteiger partial charge in [-0.1, -0.05) is 12.1 Å². The summed E-state index contributed by atoms with van der Waals surface area (Å²) in [6.07, 6.45) is 2.04. The van der Waals surface area contributed by atoms with Crippen LogP contribution in [0, 0.1) is 23.2 Å². The van der Waals surface area contributed by atoms with E-state index in [0.717, 1.165) is 12.8 Å². The van der Waals surface area contributed by atoms with Crippen LogP contribution >= 0.6 is 0 Å². The van der Waals surface area contributed by atoms with Gasteiger partial charge in [-0.3, -0.25) is 0 Å². The molecule has 1 aromatic carbocycles. The highest BCUT2D eigenvalue weighted by molar-refractivity contribution is 7.88. The number of nitrogens with zero attached hydrogens (tertiary/aromatic N) is 2. The molecule has 1 aliphatic heterocycles. The van der Waals surface area contributed by atoms with Gasteiger partial charge in [-0.15, -0.1) is 0 Å². The second-order valence-corrected chi connectivity index (χ2v) is 8.02. The van der Waals surface area contributed by atoms with Gasteiger partial charge in [0.25, 0.3) is 0 Å². The average Bonchev–Trinajstić information content (AvgIpc) is 3.02. The number of nitrogens with two attached hydrogens (primary N) is 1. The molecular formula is C15H19N3O2S. The summed E-state index contributed by atoms with van der Waals surface area (Å²) < 4.78 is 26.7. The van der Waals surface area contributed by atoms with Crippen molar-refractivity contribution in [3.63, 3.8) is 0 Å². The number of rotatable bonds is 3. The topological polar surface area (TPSA) is 87.2 Å². The highest BCUT2D eigenvalue weighted by Gasteiger charge is 2.44. The Kier molecular flexibility index (Phi) is 3.74. The Labute approximate surface area is 125 Å². The quantitative estimate of drug-likeness (QED) is 0.904. The van der Waals surface area contributed by atoms with Gasteiger partial charge < -0.3 is 5.73 Å². The smallest absolute Gasteiger partial charge is 0.218 e. The van der Waals surface area contributed by atoms with Crippen molar-refractivity contribution in [1.29, 1.82) is 5.26 Å². The molecule has 21 heavy (non-hydrogen) atoms. The van der Waals surface area contributed by atoms with Crippen LogP contribution in [0.4, 0.5) is 0 Å². The maximum atomic E-state index is 12.5. The minimum absolute atomic E-state index is 0.0444. The van der Waals surface area contributed by atoms with Gasteiger partial charge in [0.15, 0.2) is 0 Å². The molecule has 3 unspecified atom stereocenters. The molecule has 2 aliphatic rings. The monoisotopic (exact) mass is 305 g/mol. The lowest BCUT2D eigenvalue weighted by Crippen LogP contribution is -2.34. The van der Waals surface area contributed by atoms with E-state index in [1.165, 1.54) is 0 Å². The van der Waals surface area contributed by atoms with Crippen molar-refractivity contribution < 1.29 is 8.42 Å². The summed E-state index contributed by atoms with van der Waals surface area (Å²) >= 11 is 0. The summed E-state index contributed by atoms with van der Waals surface area (Å²) in [5, 5.41) is 8.89. The summed E-state index contributed by atoms with van der Waals surface area (Å²) in [7, 11) is -3.34. The molecule has 3 rings (SSSR count). The Balaban J connectivity index is 1.74. The third-order valence-corrected chi connectivity index (χ3v) is 6.46. The maximum Gasteiger partial charge on any atom is 0.218 e. The fraction of sp³-hybridized carbons (Fsp3) is 0.533. The van der Waals surface area contributed by atoms with Crippen molar-refractivity contribution in [3.05, 3.63) is 35.4 Å². The number of hydrogen-bond acceptors (Lipinski definition) is 4. The van der Waals surface area contributed by atoms with E-state index in [0.29, 0.717) is 36.1 Å². The predicted molar refractivity (Wildman–Crippen MR) is 79.5 cm³/mol. The first-order chi connectivity index (χ1) is 9.99. The molecule has 6 heteroatoms. The van der Waals surface area contributed by atoms with Gasteiger partial charge in [0.1, 0.15) is 0 Å². The van der Waals surface area contributed by atoms with Gasteiger partial charge in [-0.2, -0.15) is 5.26 Å². The third-order valence-electron chi connectivity index (χ3n) is 4.68. The summed E-state index contributed by atoms with van der Waals surface area (Å²) in [6.45, 7) is 1.14. The van der Waals surface area contributed by atoms with Crippen LogP contribution in [0.15, 0.2) is 24.3 Å². The zero-order valence-electron chi connectivity index (χ0n) is 11.8. The third kappa shape index (κ3) is 2.82. The summed E-state index contributed by atoms with van der Waals surface area (Å²) in [5.74, 6) is 0.683. The van der Waals surface area contributed by atoms with Crippen LogP contribution in [-0.4, -0.2) is 31.9 Å². The molecule has 0 amide bonds. The molecule has 2 fully saturated rings. The van der Waals surface area contributed by atoms with E-state index in [4.69, 9.17) is 11.0 Å². The standard InChI is InChI=1S/C15H19N3O2S/c16-7-11-2-1-3-12(6-11)10-21(19,20)18-8-13-4-5-15(17)14(13)9-18/h1-3,6,13-15H,4-5,8-10,17H2. The molecule has 112 valence electrons. The lowest BCUT2D eigenvalue weighted by atomic mass is 9.98. The normalized spacial score (nSPS) is 29.2. The molecule has 1 saturated carbocycles. The zero-order valence-corrected chi connectivity index (χ0v) is 12.6. The minimum atomic E-state index is -3.34. The molecule has 2 N–H and O–H groups in total. The molecule has 0 bridgehead atoms. The molecule has 1 heterocycles. The van der Waals surface area contributed by atoms with Crippen molar-refractivity contribution >= 4 is 10.0 Å². The number of hydrogen-bond donors (Lipinski definition) is 1. The van der Waals surface area contributed by atoms with Gasteiger partial charge in [0.2, 0.25) is 10.0 Å². The Morgan fingerprint density at radius 3 is 2.86 bits per heavy atom. The van der Waals surface area contributed by atoms with Crippen LogP contribution < -0.4 is 5.73 Å². The van der Waals surface area contributed by atoms with E-state index in [1.807, 2.05) is 6.07 Å². The highest BCUT2D eigenvalue weighted by atomic mass is 32.2. The largest absolute Gasteiger partial charge is 0.327 e. The molecule has 3 atom stereocenters. The molecule has 0 aromatic heterocycles. The van der Waals surface area contributed by atoms with Crippen LogP contribution in [0.3, 0.4) is 0 Å². The van der Waals surface area contributed by atoms with E-state index < -0.39 is 10.0 Å². The van der Waals surface area contributed by atoms with Crippen LogP contribution in [-0.2, 0) is 15.8 Å². The van der Waals surface area contributed by atoms with Gasteiger partial charge in [-0.05, 0) is 42.4 Å². The number of fused-ring (bicyclic) bond motifs is 1. The van der Waals surface area contributed by atoms with Crippen molar-refractivity contribution in [2.24, 2.45) is 17.6 Å². The summed E-state index contributed by atoms with van der Waals surface area (Å²) in [4.78, 5) is 0. The molecular weight excluding hydrogens is 286 g/mol. The second-order valence-electron chi connectivity index (χ2n) is 6.05. The number of sulfonamides is 1. The Morgan fingerprint density at radius 1 is 1.33 bits per heavy atom.